The number of nitrogens with zero attached hydrogens (tertiary/aromatic N) is 4. The van der Waals surface area contributed by atoms with E-state index in [1.807, 2.05) is 18.2 Å². The second kappa shape index (κ2) is 7.80. The Hall–Kier alpha value is -2.59. The van der Waals surface area contributed by atoms with Gasteiger partial charge >= 0.3 is 0 Å². The first-order valence-electron chi connectivity index (χ1n) is 9.19. The highest BCUT2D eigenvalue weighted by Gasteiger charge is 2.44. The number of benzene rings is 1. The van der Waals surface area contributed by atoms with Crippen molar-refractivity contribution in [2.75, 3.05) is 18.5 Å². The molecule has 5 atom stereocenters. The number of rotatable bonds is 6. The molecule has 28 heavy (non-hydrogen) atoms. The lowest BCUT2D eigenvalue weighted by molar-refractivity contribution is -0.0511. The van der Waals surface area contributed by atoms with Gasteiger partial charge in [0.25, 0.3) is 0 Å². The molecule has 9 heteroatoms. The third-order valence-electron chi connectivity index (χ3n) is 5.09. The molecular formula is C19H23N5O4. The fourth-order valence-corrected chi connectivity index (χ4v) is 3.43. The molecular weight excluding hydrogens is 362 g/mol. The number of nitrogens with one attached hydrogen (secondary N) is 1. The van der Waals surface area contributed by atoms with E-state index in [0.717, 1.165) is 0 Å². The Balaban J connectivity index is 1.56. The molecule has 9 nitrogen and oxygen atoms in total. The summed E-state index contributed by atoms with van der Waals surface area (Å²) >= 11 is 0. The molecule has 3 heterocycles. The van der Waals surface area contributed by atoms with Crippen molar-refractivity contribution in [1.29, 1.82) is 0 Å². The SMILES string of the molecule is CC(CNc1ncnc2c1ncn2[C@@H]1O[C@H](CO)C(O)C1O)c1ccccc1. The molecule has 1 aliphatic rings. The highest BCUT2D eigenvalue weighted by Crippen LogP contribution is 2.32. The Morgan fingerprint density at radius 3 is 2.64 bits per heavy atom. The van der Waals surface area contributed by atoms with Crippen LogP contribution in [0.2, 0.25) is 0 Å². The highest BCUT2D eigenvalue weighted by molar-refractivity contribution is 5.82. The zero-order chi connectivity index (χ0) is 19.7. The molecule has 3 unspecified atom stereocenters. The average molecular weight is 385 g/mol. The van der Waals surface area contributed by atoms with E-state index in [-0.39, 0.29) is 12.5 Å². The van der Waals surface area contributed by atoms with E-state index >= 15 is 0 Å². The molecule has 0 aliphatic carbocycles. The van der Waals surface area contributed by atoms with Crippen molar-refractivity contribution in [2.24, 2.45) is 0 Å². The van der Waals surface area contributed by atoms with Crippen molar-refractivity contribution in [1.82, 2.24) is 19.5 Å². The standard InChI is InChI=1S/C19H23N5O4/c1-11(12-5-3-2-4-6-12)7-20-17-14-18(22-9-21-17)24(10-23-14)19-16(27)15(26)13(8-25)28-19/h2-6,9-11,13,15-16,19,25-27H,7-8H2,1H3,(H,20,21,22)/t11?,13-,15?,16?,19-/m1/s1. The molecule has 0 radical (unpaired) electrons. The minimum Gasteiger partial charge on any atom is -0.394 e. The van der Waals surface area contributed by atoms with Crippen LogP contribution in [0.1, 0.15) is 24.6 Å². The number of imidazole rings is 1. The largest absolute Gasteiger partial charge is 0.394 e. The van der Waals surface area contributed by atoms with Gasteiger partial charge in [-0.25, -0.2) is 15.0 Å². The molecule has 1 saturated heterocycles. The van der Waals surface area contributed by atoms with Gasteiger partial charge in [0, 0.05) is 6.54 Å². The van der Waals surface area contributed by atoms with Crippen LogP contribution in [0.15, 0.2) is 43.0 Å². The van der Waals surface area contributed by atoms with Crippen LogP contribution in [0.4, 0.5) is 5.82 Å². The first-order valence-corrected chi connectivity index (χ1v) is 9.19. The van der Waals surface area contributed by atoms with Crippen LogP contribution < -0.4 is 5.32 Å². The summed E-state index contributed by atoms with van der Waals surface area (Å²) in [5.74, 6) is 0.854. The number of fused-ring (bicyclic) bond motifs is 1. The van der Waals surface area contributed by atoms with Crippen molar-refractivity contribution in [3.05, 3.63) is 48.5 Å². The second-order valence-electron chi connectivity index (χ2n) is 6.97. The van der Waals surface area contributed by atoms with Gasteiger partial charge in [0.05, 0.1) is 12.9 Å². The summed E-state index contributed by atoms with van der Waals surface area (Å²) in [5.41, 5.74) is 2.23. The van der Waals surface area contributed by atoms with E-state index in [0.29, 0.717) is 23.5 Å². The van der Waals surface area contributed by atoms with E-state index in [1.54, 1.807) is 4.57 Å². The predicted octanol–water partition coefficient (Wildman–Crippen LogP) is 0.653. The maximum absolute atomic E-state index is 10.3. The van der Waals surface area contributed by atoms with Crippen LogP contribution in [0.25, 0.3) is 11.2 Å². The quantitative estimate of drug-likeness (QED) is 0.487. The van der Waals surface area contributed by atoms with Crippen LogP contribution in [0.3, 0.4) is 0 Å². The van der Waals surface area contributed by atoms with Gasteiger partial charge in [0.1, 0.15) is 24.6 Å². The summed E-state index contributed by atoms with van der Waals surface area (Å²) < 4.78 is 7.12. The van der Waals surface area contributed by atoms with Gasteiger partial charge in [0.15, 0.2) is 23.2 Å². The summed E-state index contributed by atoms with van der Waals surface area (Å²) in [6, 6.07) is 10.2. The molecule has 2 aromatic heterocycles. The van der Waals surface area contributed by atoms with Gasteiger partial charge in [-0.05, 0) is 11.5 Å². The first-order chi connectivity index (χ1) is 13.6. The molecule has 0 saturated carbocycles. The van der Waals surface area contributed by atoms with Gasteiger partial charge in [0.2, 0.25) is 0 Å². The first kappa shape index (κ1) is 18.8. The lowest BCUT2D eigenvalue weighted by atomic mass is 10.0. The van der Waals surface area contributed by atoms with E-state index in [4.69, 9.17) is 4.74 Å². The number of aliphatic hydroxyl groups excluding tert-OH is 3. The van der Waals surface area contributed by atoms with Gasteiger partial charge < -0.3 is 25.4 Å². The topological polar surface area (TPSA) is 126 Å². The molecule has 148 valence electrons. The smallest absolute Gasteiger partial charge is 0.167 e. The van der Waals surface area contributed by atoms with Gasteiger partial charge in [-0.2, -0.15) is 0 Å². The van der Waals surface area contributed by atoms with E-state index in [2.05, 4.69) is 39.3 Å². The van der Waals surface area contributed by atoms with E-state index < -0.39 is 24.5 Å². The molecule has 1 aromatic carbocycles. The number of anilines is 1. The maximum atomic E-state index is 10.3. The summed E-state index contributed by atoms with van der Waals surface area (Å²) in [4.78, 5) is 12.9. The van der Waals surface area contributed by atoms with Crippen LogP contribution in [-0.2, 0) is 4.74 Å². The Bertz CT molecular complexity index is 934. The molecule has 0 amide bonds. The highest BCUT2D eigenvalue weighted by atomic mass is 16.6. The van der Waals surface area contributed by atoms with Crippen molar-refractivity contribution in [2.45, 2.75) is 37.4 Å². The Labute approximate surface area is 161 Å². The average Bonchev–Trinajstić information content (AvgIpc) is 3.28. The van der Waals surface area contributed by atoms with Crippen LogP contribution in [0, 0.1) is 0 Å². The molecule has 0 spiro atoms. The number of ether oxygens (including phenoxy) is 1. The van der Waals surface area contributed by atoms with E-state index in [1.165, 1.54) is 18.2 Å². The molecule has 4 rings (SSSR count). The lowest BCUT2D eigenvalue weighted by Gasteiger charge is -2.17. The van der Waals surface area contributed by atoms with Crippen LogP contribution in [0.5, 0.6) is 0 Å². The van der Waals surface area contributed by atoms with E-state index in [9.17, 15) is 15.3 Å². The van der Waals surface area contributed by atoms with Crippen molar-refractivity contribution in [3.63, 3.8) is 0 Å². The third-order valence-corrected chi connectivity index (χ3v) is 5.09. The maximum Gasteiger partial charge on any atom is 0.167 e. The fourth-order valence-electron chi connectivity index (χ4n) is 3.43. The zero-order valence-corrected chi connectivity index (χ0v) is 15.4. The Kier molecular flexibility index (Phi) is 5.23. The Morgan fingerprint density at radius 2 is 1.93 bits per heavy atom. The summed E-state index contributed by atoms with van der Waals surface area (Å²) in [7, 11) is 0. The van der Waals surface area contributed by atoms with Crippen molar-refractivity contribution < 1.29 is 20.1 Å². The van der Waals surface area contributed by atoms with Crippen LogP contribution >= 0.6 is 0 Å². The van der Waals surface area contributed by atoms with Gasteiger partial charge in [-0.3, -0.25) is 4.57 Å². The number of hydrogen-bond acceptors (Lipinski definition) is 8. The second-order valence-corrected chi connectivity index (χ2v) is 6.97. The minimum absolute atomic E-state index is 0.272. The molecule has 0 bridgehead atoms. The number of aromatic nitrogens is 4. The molecule has 3 aromatic rings. The van der Waals surface area contributed by atoms with Gasteiger partial charge in [-0.1, -0.05) is 37.3 Å². The molecule has 1 aliphatic heterocycles. The predicted molar refractivity (Wildman–Crippen MR) is 102 cm³/mol. The lowest BCUT2D eigenvalue weighted by Crippen LogP contribution is -2.33. The van der Waals surface area contributed by atoms with Crippen molar-refractivity contribution >= 4 is 17.0 Å². The normalized spacial score (nSPS) is 25.9. The Morgan fingerprint density at radius 1 is 1.14 bits per heavy atom. The molecule has 1 fully saturated rings. The summed E-state index contributed by atoms with van der Waals surface area (Å²) in [5, 5.41) is 32.9. The molecule has 4 N–H and O–H groups in total. The fraction of sp³-hybridized carbons (Fsp3) is 0.421. The monoisotopic (exact) mass is 385 g/mol. The summed E-state index contributed by atoms with van der Waals surface area (Å²) in [6.45, 7) is 2.40. The minimum atomic E-state index is -1.20. The number of hydrogen-bond donors (Lipinski definition) is 4. The zero-order valence-electron chi connectivity index (χ0n) is 15.4. The third kappa shape index (κ3) is 3.33. The van der Waals surface area contributed by atoms with Crippen molar-refractivity contribution in [3.8, 4) is 0 Å². The van der Waals surface area contributed by atoms with Crippen LogP contribution in [-0.4, -0.2) is 66.3 Å². The summed E-state index contributed by atoms with van der Waals surface area (Å²) in [6.07, 6.45) is -1.22. The van der Waals surface area contributed by atoms with Gasteiger partial charge in [-0.15, -0.1) is 0 Å². The number of aliphatic hydroxyl groups is 3.